The Morgan fingerprint density at radius 3 is 2.63 bits per heavy atom. The molecule has 0 heterocycles. The highest BCUT2D eigenvalue weighted by Gasteiger charge is 2.24. The first kappa shape index (κ1) is 15.5. The van der Waals surface area contributed by atoms with Gasteiger partial charge in [0, 0.05) is 6.07 Å². The molecular formula is C11H11BrF2N2O3. The molecule has 0 saturated carbocycles. The van der Waals surface area contributed by atoms with Crippen LogP contribution in [0.5, 0.6) is 0 Å². The number of hydrogen-bond acceptors (Lipinski definition) is 4. The maximum atomic E-state index is 13.4. The summed E-state index contributed by atoms with van der Waals surface area (Å²) in [5.74, 6) is -3.67. The van der Waals surface area contributed by atoms with Gasteiger partial charge < -0.3 is 15.8 Å². The van der Waals surface area contributed by atoms with Gasteiger partial charge in [0.15, 0.2) is 6.04 Å². The van der Waals surface area contributed by atoms with Crippen LogP contribution in [0.3, 0.4) is 0 Å². The van der Waals surface area contributed by atoms with Gasteiger partial charge in [0.05, 0.1) is 16.8 Å². The van der Waals surface area contributed by atoms with Crippen LogP contribution in [0.15, 0.2) is 16.6 Å². The van der Waals surface area contributed by atoms with Crippen molar-refractivity contribution in [2.45, 2.75) is 13.0 Å². The molecule has 3 N–H and O–H groups in total. The zero-order chi connectivity index (χ0) is 14.6. The van der Waals surface area contributed by atoms with Gasteiger partial charge in [-0.3, -0.25) is 4.79 Å². The van der Waals surface area contributed by atoms with E-state index in [4.69, 9.17) is 5.73 Å². The van der Waals surface area contributed by atoms with E-state index in [9.17, 15) is 18.4 Å². The lowest BCUT2D eigenvalue weighted by Crippen LogP contribution is -2.43. The second-order valence-electron chi connectivity index (χ2n) is 3.47. The van der Waals surface area contributed by atoms with E-state index in [2.05, 4.69) is 26.0 Å². The second kappa shape index (κ2) is 6.58. The Hall–Kier alpha value is -1.54. The molecule has 104 valence electrons. The number of nitrogens with one attached hydrogen (secondary N) is 1. The third kappa shape index (κ3) is 3.97. The highest BCUT2D eigenvalue weighted by atomic mass is 79.9. The number of carbonyl (C=O) groups is 2. The normalized spacial score (nSPS) is 11.8. The Labute approximate surface area is 116 Å². The smallest absolute Gasteiger partial charge is 0.332 e. The van der Waals surface area contributed by atoms with Gasteiger partial charge in [-0.2, -0.15) is 0 Å². The molecule has 0 radical (unpaired) electrons. The molecule has 5 nitrogen and oxygen atoms in total. The molecule has 1 aromatic carbocycles. The minimum absolute atomic E-state index is 0.0334. The molecule has 1 rings (SSSR count). The molecule has 1 amide bonds. The molecule has 0 aliphatic rings. The van der Waals surface area contributed by atoms with Crippen molar-refractivity contribution in [3.8, 4) is 0 Å². The molecule has 0 spiro atoms. The molecule has 0 fully saturated rings. The lowest BCUT2D eigenvalue weighted by molar-refractivity contribution is -0.146. The van der Waals surface area contributed by atoms with Crippen LogP contribution in [0.4, 0.5) is 14.5 Å². The van der Waals surface area contributed by atoms with E-state index in [0.717, 1.165) is 6.07 Å². The lowest BCUT2D eigenvalue weighted by atomic mass is 10.2. The summed E-state index contributed by atoms with van der Waals surface area (Å²) in [6, 6.07) is 0.0407. The zero-order valence-electron chi connectivity index (χ0n) is 9.88. The molecule has 0 aromatic heterocycles. The van der Waals surface area contributed by atoms with Crippen molar-refractivity contribution in [2.75, 3.05) is 11.9 Å². The van der Waals surface area contributed by atoms with Crippen LogP contribution in [0.25, 0.3) is 0 Å². The van der Waals surface area contributed by atoms with E-state index < -0.39 is 29.6 Å². The second-order valence-corrected chi connectivity index (χ2v) is 4.32. The summed E-state index contributed by atoms with van der Waals surface area (Å²) in [6.07, 6.45) is 0. The van der Waals surface area contributed by atoms with Crippen molar-refractivity contribution in [3.05, 3.63) is 28.2 Å². The van der Waals surface area contributed by atoms with Crippen molar-refractivity contribution in [3.63, 3.8) is 0 Å². The first-order valence-electron chi connectivity index (χ1n) is 5.24. The van der Waals surface area contributed by atoms with Gasteiger partial charge in [0.2, 0.25) is 0 Å². The van der Waals surface area contributed by atoms with Gasteiger partial charge in [0.1, 0.15) is 11.6 Å². The number of halogens is 3. The molecule has 1 aromatic rings. The summed E-state index contributed by atoms with van der Waals surface area (Å²) in [5.41, 5.74) is 5.02. The van der Waals surface area contributed by atoms with E-state index in [1.54, 1.807) is 6.92 Å². The predicted octanol–water partition coefficient (Wildman–Crippen LogP) is 1.56. The summed E-state index contributed by atoms with van der Waals surface area (Å²) in [5, 5.41) is 2.08. The number of rotatable bonds is 4. The molecule has 1 unspecified atom stereocenters. The molecule has 0 bridgehead atoms. The monoisotopic (exact) mass is 336 g/mol. The Bertz CT molecular complexity index is 511. The SMILES string of the molecule is CCOC(=O)C(N)C(=O)Nc1cc(Br)c(F)cc1F. The first-order chi connectivity index (χ1) is 8.86. The van der Waals surface area contributed by atoms with Crippen LogP contribution in [0.2, 0.25) is 0 Å². The maximum Gasteiger partial charge on any atom is 0.332 e. The van der Waals surface area contributed by atoms with Crippen molar-refractivity contribution in [2.24, 2.45) is 5.73 Å². The van der Waals surface area contributed by atoms with E-state index in [1.807, 2.05) is 0 Å². The fourth-order valence-corrected chi connectivity index (χ4v) is 1.51. The van der Waals surface area contributed by atoms with Crippen molar-refractivity contribution in [1.82, 2.24) is 0 Å². The van der Waals surface area contributed by atoms with Crippen LogP contribution >= 0.6 is 15.9 Å². The maximum absolute atomic E-state index is 13.4. The zero-order valence-corrected chi connectivity index (χ0v) is 11.5. The van der Waals surface area contributed by atoms with Crippen LogP contribution in [-0.4, -0.2) is 24.5 Å². The minimum Gasteiger partial charge on any atom is -0.464 e. The summed E-state index contributed by atoms with van der Waals surface area (Å²) >= 11 is 2.85. The number of esters is 1. The third-order valence-corrected chi connectivity index (χ3v) is 2.70. The van der Waals surface area contributed by atoms with E-state index >= 15 is 0 Å². The molecule has 0 aliphatic carbocycles. The lowest BCUT2D eigenvalue weighted by Gasteiger charge is -2.12. The van der Waals surface area contributed by atoms with Gasteiger partial charge in [0.25, 0.3) is 5.91 Å². The number of hydrogen-bond donors (Lipinski definition) is 2. The fraction of sp³-hybridized carbons (Fsp3) is 0.273. The predicted molar refractivity (Wildman–Crippen MR) is 67.3 cm³/mol. The van der Waals surface area contributed by atoms with Gasteiger partial charge in [-0.05, 0) is 28.9 Å². The Kier molecular flexibility index (Phi) is 5.37. The number of benzene rings is 1. The third-order valence-electron chi connectivity index (χ3n) is 2.09. The largest absolute Gasteiger partial charge is 0.464 e. The number of ether oxygens (including phenoxy) is 1. The van der Waals surface area contributed by atoms with Crippen molar-refractivity contribution >= 4 is 33.5 Å². The minimum atomic E-state index is -1.58. The van der Waals surface area contributed by atoms with E-state index in [1.165, 1.54) is 0 Å². The van der Waals surface area contributed by atoms with Gasteiger partial charge in [-0.1, -0.05) is 0 Å². The Morgan fingerprint density at radius 1 is 1.42 bits per heavy atom. The summed E-state index contributed by atoms with van der Waals surface area (Å²) in [7, 11) is 0. The summed E-state index contributed by atoms with van der Waals surface area (Å²) in [4.78, 5) is 22.8. The van der Waals surface area contributed by atoms with E-state index in [-0.39, 0.29) is 16.8 Å². The average Bonchev–Trinajstić information content (AvgIpc) is 2.35. The molecule has 0 saturated heterocycles. The molecular weight excluding hydrogens is 326 g/mol. The standard InChI is InChI=1S/C11H11BrF2N2O3/c1-2-19-11(18)9(15)10(17)16-8-3-5(12)6(13)4-7(8)14/h3-4,9H,2,15H2,1H3,(H,16,17). The van der Waals surface area contributed by atoms with Crippen LogP contribution in [0.1, 0.15) is 6.92 Å². The van der Waals surface area contributed by atoms with Crippen molar-refractivity contribution in [1.29, 1.82) is 0 Å². The molecule has 8 heteroatoms. The first-order valence-corrected chi connectivity index (χ1v) is 6.03. The topological polar surface area (TPSA) is 81.4 Å². The van der Waals surface area contributed by atoms with E-state index in [0.29, 0.717) is 6.07 Å². The van der Waals surface area contributed by atoms with Crippen LogP contribution in [0, 0.1) is 11.6 Å². The Balaban J connectivity index is 2.82. The van der Waals surface area contributed by atoms with Gasteiger partial charge in [-0.15, -0.1) is 0 Å². The summed E-state index contributed by atoms with van der Waals surface area (Å²) < 4.78 is 30.9. The quantitative estimate of drug-likeness (QED) is 0.496. The van der Waals surface area contributed by atoms with Gasteiger partial charge >= 0.3 is 5.97 Å². The number of nitrogens with two attached hydrogens (primary N) is 1. The molecule has 0 aliphatic heterocycles. The number of anilines is 1. The molecule has 1 atom stereocenters. The highest BCUT2D eigenvalue weighted by Crippen LogP contribution is 2.23. The molecule has 19 heavy (non-hydrogen) atoms. The number of amides is 1. The summed E-state index contributed by atoms with van der Waals surface area (Å²) in [6.45, 7) is 1.62. The highest BCUT2D eigenvalue weighted by molar-refractivity contribution is 9.10. The van der Waals surface area contributed by atoms with Crippen LogP contribution in [-0.2, 0) is 14.3 Å². The number of carbonyl (C=O) groups excluding carboxylic acids is 2. The van der Waals surface area contributed by atoms with Gasteiger partial charge in [-0.25, -0.2) is 13.6 Å². The van der Waals surface area contributed by atoms with Crippen LogP contribution < -0.4 is 11.1 Å². The average molecular weight is 337 g/mol. The Morgan fingerprint density at radius 2 is 2.05 bits per heavy atom. The van der Waals surface area contributed by atoms with Crippen molar-refractivity contribution < 1.29 is 23.1 Å². The fourth-order valence-electron chi connectivity index (χ4n) is 1.17.